The molecule has 4 rings (SSSR count). The zero-order chi connectivity index (χ0) is 16.7. The maximum atomic E-state index is 12.8. The average molecular weight is 331 g/mol. The van der Waals surface area contributed by atoms with E-state index in [9.17, 15) is 4.79 Å². The van der Waals surface area contributed by atoms with Crippen molar-refractivity contribution in [3.63, 3.8) is 0 Å². The molecule has 0 aromatic carbocycles. The lowest BCUT2D eigenvalue weighted by molar-refractivity contribution is -0.137. The van der Waals surface area contributed by atoms with E-state index in [1.165, 1.54) is 38.8 Å². The van der Waals surface area contributed by atoms with E-state index in [1.807, 2.05) is 13.8 Å². The summed E-state index contributed by atoms with van der Waals surface area (Å²) in [5.74, 6) is 2.55. The highest BCUT2D eigenvalue weighted by Gasteiger charge is 2.42. The Morgan fingerprint density at radius 1 is 1.25 bits per heavy atom. The molecular formula is C19H29N3O2. The molecule has 5 nitrogen and oxygen atoms in total. The second-order valence-electron chi connectivity index (χ2n) is 8.02. The van der Waals surface area contributed by atoms with Crippen LogP contribution in [-0.2, 0) is 11.2 Å². The molecule has 1 aromatic heterocycles. The third-order valence-electron chi connectivity index (χ3n) is 6.39. The first-order valence-corrected chi connectivity index (χ1v) is 9.55. The number of hydrogen-bond donors (Lipinski definition) is 0. The Labute approximate surface area is 144 Å². The molecule has 0 radical (unpaired) electrons. The number of aryl methyl sites for hydroxylation is 2. The van der Waals surface area contributed by atoms with Crippen LogP contribution >= 0.6 is 0 Å². The van der Waals surface area contributed by atoms with E-state index >= 15 is 0 Å². The van der Waals surface area contributed by atoms with Crippen molar-refractivity contribution in [2.45, 2.75) is 58.4 Å². The first-order valence-electron chi connectivity index (χ1n) is 9.55. The zero-order valence-electron chi connectivity index (χ0n) is 15.0. The summed E-state index contributed by atoms with van der Waals surface area (Å²) in [5, 5.41) is 3.99. The van der Waals surface area contributed by atoms with Crippen LogP contribution in [0.2, 0.25) is 0 Å². The maximum absolute atomic E-state index is 12.8. The number of rotatable bonds is 3. The molecular weight excluding hydrogens is 302 g/mol. The van der Waals surface area contributed by atoms with E-state index in [0.29, 0.717) is 24.2 Å². The van der Waals surface area contributed by atoms with Crippen molar-refractivity contribution in [2.75, 3.05) is 26.2 Å². The van der Waals surface area contributed by atoms with E-state index in [-0.39, 0.29) is 0 Å². The lowest BCUT2D eigenvalue weighted by atomic mass is 9.76. The van der Waals surface area contributed by atoms with Crippen molar-refractivity contribution in [3.05, 3.63) is 17.0 Å². The van der Waals surface area contributed by atoms with Gasteiger partial charge in [0.1, 0.15) is 5.76 Å². The molecule has 132 valence electrons. The first-order chi connectivity index (χ1) is 11.6. The monoisotopic (exact) mass is 331 g/mol. The SMILES string of the molecule is Cc1noc(C)c1CCC(=O)N1C[C@@H]2C[C@H](C1)[C@@H]1CCCCN1C2. The summed E-state index contributed by atoms with van der Waals surface area (Å²) in [6.07, 6.45) is 6.71. The summed E-state index contributed by atoms with van der Waals surface area (Å²) in [7, 11) is 0. The van der Waals surface area contributed by atoms with Gasteiger partial charge in [-0.25, -0.2) is 0 Å². The summed E-state index contributed by atoms with van der Waals surface area (Å²) in [4.78, 5) is 17.6. The molecule has 0 aliphatic carbocycles. The van der Waals surface area contributed by atoms with Crippen LogP contribution in [0.25, 0.3) is 0 Å². The molecule has 0 saturated carbocycles. The number of carbonyl (C=O) groups is 1. The van der Waals surface area contributed by atoms with Gasteiger partial charge in [-0.15, -0.1) is 0 Å². The number of fused-ring (bicyclic) bond motifs is 4. The van der Waals surface area contributed by atoms with Crippen molar-refractivity contribution in [2.24, 2.45) is 11.8 Å². The summed E-state index contributed by atoms with van der Waals surface area (Å²) in [5.41, 5.74) is 2.03. The van der Waals surface area contributed by atoms with Gasteiger partial charge in [0.15, 0.2) is 0 Å². The standard InChI is InChI=1S/C19H29N3O2/c1-13-17(14(2)24-20-13)6-7-19(23)22-11-15-9-16(12-22)18-5-3-4-8-21(18)10-15/h15-16,18H,3-12H2,1-2H3/t15-,16-,18+/m1/s1. The Hall–Kier alpha value is -1.36. The Morgan fingerprint density at radius 3 is 2.92 bits per heavy atom. The van der Waals surface area contributed by atoms with Crippen LogP contribution in [0.15, 0.2) is 4.52 Å². The number of likely N-dealkylation sites (tertiary alicyclic amines) is 1. The van der Waals surface area contributed by atoms with Gasteiger partial charge in [-0.2, -0.15) is 0 Å². The van der Waals surface area contributed by atoms with Crippen molar-refractivity contribution in [1.29, 1.82) is 0 Å². The topological polar surface area (TPSA) is 49.6 Å². The number of hydrogen-bond acceptors (Lipinski definition) is 4. The Morgan fingerprint density at radius 2 is 2.12 bits per heavy atom. The summed E-state index contributed by atoms with van der Waals surface area (Å²) in [6.45, 7) is 8.30. The van der Waals surface area contributed by atoms with Crippen LogP contribution in [-0.4, -0.2) is 53.1 Å². The van der Waals surface area contributed by atoms with Crippen LogP contribution < -0.4 is 0 Å². The normalized spacial score (nSPS) is 30.2. The van der Waals surface area contributed by atoms with Crippen molar-refractivity contribution in [3.8, 4) is 0 Å². The van der Waals surface area contributed by atoms with Gasteiger partial charge in [0, 0.05) is 37.7 Å². The smallest absolute Gasteiger partial charge is 0.222 e. The molecule has 0 N–H and O–H groups in total. The van der Waals surface area contributed by atoms with Crippen LogP contribution in [0.5, 0.6) is 0 Å². The fourth-order valence-electron chi connectivity index (χ4n) is 5.22. The number of nitrogens with zero attached hydrogens (tertiary/aromatic N) is 3. The Bertz CT molecular complexity index is 592. The molecule has 3 saturated heterocycles. The predicted molar refractivity (Wildman–Crippen MR) is 91.7 cm³/mol. The molecule has 3 atom stereocenters. The van der Waals surface area contributed by atoms with E-state index in [0.717, 1.165) is 42.6 Å². The van der Waals surface area contributed by atoms with Crippen LogP contribution in [0, 0.1) is 25.7 Å². The van der Waals surface area contributed by atoms with E-state index in [1.54, 1.807) is 0 Å². The third kappa shape index (κ3) is 2.99. The van der Waals surface area contributed by atoms with Crippen molar-refractivity contribution in [1.82, 2.24) is 15.0 Å². The zero-order valence-corrected chi connectivity index (χ0v) is 15.0. The number of piperidine rings is 3. The molecule has 3 aliphatic rings. The molecule has 4 heterocycles. The van der Waals surface area contributed by atoms with Crippen molar-refractivity contribution < 1.29 is 9.32 Å². The lowest BCUT2D eigenvalue weighted by Crippen LogP contribution is -2.59. The van der Waals surface area contributed by atoms with Crippen LogP contribution in [0.1, 0.15) is 49.1 Å². The molecule has 1 amide bonds. The largest absolute Gasteiger partial charge is 0.361 e. The molecule has 0 spiro atoms. The minimum atomic E-state index is 0.314. The number of aromatic nitrogens is 1. The van der Waals surface area contributed by atoms with Gasteiger partial charge < -0.3 is 9.42 Å². The Kier molecular flexibility index (Phi) is 4.37. The van der Waals surface area contributed by atoms with E-state index in [4.69, 9.17) is 4.52 Å². The average Bonchev–Trinajstić information content (AvgIpc) is 2.90. The van der Waals surface area contributed by atoms with Crippen molar-refractivity contribution >= 4 is 5.91 Å². The Balaban J connectivity index is 1.38. The summed E-state index contributed by atoms with van der Waals surface area (Å²) in [6, 6.07) is 0.730. The van der Waals surface area contributed by atoms with Crippen LogP contribution in [0.4, 0.5) is 0 Å². The van der Waals surface area contributed by atoms with Gasteiger partial charge in [-0.1, -0.05) is 11.6 Å². The fraction of sp³-hybridized carbons (Fsp3) is 0.789. The minimum absolute atomic E-state index is 0.314. The van der Waals surface area contributed by atoms with Gasteiger partial charge in [0.25, 0.3) is 0 Å². The quantitative estimate of drug-likeness (QED) is 0.854. The second kappa shape index (κ2) is 6.51. The highest BCUT2D eigenvalue weighted by Crippen LogP contribution is 2.37. The molecule has 3 fully saturated rings. The molecule has 24 heavy (non-hydrogen) atoms. The summed E-state index contributed by atoms with van der Waals surface area (Å²) < 4.78 is 5.21. The minimum Gasteiger partial charge on any atom is -0.361 e. The van der Waals surface area contributed by atoms with E-state index < -0.39 is 0 Å². The summed E-state index contributed by atoms with van der Waals surface area (Å²) >= 11 is 0. The van der Waals surface area contributed by atoms with Gasteiger partial charge >= 0.3 is 0 Å². The molecule has 5 heteroatoms. The number of amides is 1. The lowest BCUT2D eigenvalue weighted by Gasteiger charge is -2.52. The highest BCUT2D eigenvalue weighted by atomic mass is 16.5. The molecule has 1 aromatic rings. The molecule has 2 bridgehead atoms. The number of carbonyl (C=O) groups excluding carboxylic acids is 1. The van der Waals surface area contributed by atoms with Crippen LogP contribution in [0.3, 0.4) is 0 Å². The molecule has 3 aliphatic heterocycles. The van der Waals surface area contributed by atoms with Gasteiger partial charge in [-0.05, 0) is 57.9 Å². The molecule has 0 unspecified atom stereocenters. The van der Waals surface area contributed by atoms with Gasteiger partial charge in [0.2, 0.25) is 5.91 Å². The fourth-order valence-corrected chi connectivity index (χ4v) is 5.22. The third-order valence-corrected chi connectivity index (χ3v) is 6.39. The predicted octanol–water partition coefficient (Wildman–Crippen LogP) is 2.56. The first kappa shape index (κ1) is 16.1. The maximum Gasteiger partial charge on any atom is 0.222 e. The second-order valence-corrected chi connectivity index (χ2v) is 8.02. The highest BCUT2D eigenvalue weighted by molar-refractivity contribution is 5.76. The van der Waals surface area contributed by atoms with E-state index in [2.05, 4.69) is 15.0 Å². The van der Waals surface area contributed by atoms with Gasteiger partial charge in [-0.3, -0.25) is 9.69 Å². The van der Waals surface area contributed by atoms with Gasteiger partial charge in [0.05, 0.1) is 5.69 Å².